The number of hydrogen-bond donors (Lipinski definition) is 2. The van der Waals surface area contributed by atoms with Crippen LogP contribution in [0.25, 0.3) is 10.8 Å². The topological polar surface area (TPSA) is 95.6 Å². The van der Waals surface area contributed by atoms with Gasteiger partial charge in [-0.15, -0.1) is 0 Å². The molecule has 3 aromatic carbocycles. The molecule has 0 saturated carbocycles. The average molecular weight is 444 g/mol. The highest BCUT2D eigenvalue weighted by Gasteiger charge is 2.50. The molecule has 0 aromatic heterocycles. The lowest BCUT2D eigenvalue weighted by Gasteiger charge is -2.24. The molecule has 0 bridgehead atoms. The zero-order valence-corrected chi connectivity index (χ0v) is 18.6. The van der Waals surface area contributed by atoms with Gasteiger partial charge in [0.15, 0.2) is 5.78 Å². The minimum Gasteiger partial charge on any atom is -0.326 e. The summed E-state index contributed by atoms with van der Waals surface area (Å²) in [6.45, 7) is 3.21. The maximum atomic E-state index is 13.3. The molecular formula is C26H25N3O4. The molecule has 33 heavy (non-hydrogen) atoms. The number of nitrogens with one attached hydrogen (secondary N) is 2. The number of carbonyl (C=O) groups is 4. The normalized spacial score (nSPS) is 17.8. The molecule has 0 radical (unpaired) electrons. The van der Waals surface area contributed by atoms with Gasteiger partial charge in [0.05, 0.1) is 6.54 Å². The van der Waals surface area contributed by atoms with E-state index in [2.05, 4.69) is 10.6 Å². The second-order valence-corrected chi connectivity index (χ2v) is 8.27. The van der Waals surface area contributed by atoms with E-state index in [9.17, 15) is 19.2 Å². The molecule has 168 valence electrons. The fourth-order valence-electron chi connectivity index (χ4n) is 4.11. The number of fused-ring (bicyclic) bond motifs is 1. The van der Waals surface area contributed by atoms with Gasteiger partial charge >= 0.3 is 6.03 Å². The Morgan fingerprint density at radius 3 is 2.39 bits per heavy atom. The predicted octanol–water partition coefficient (Wildman–Crippen LogP) is 4.23. The zero-order valence-electron chi connectivity index (χ0n) is 18.6. The summed E-state index contributed by atoms with van der Waals surface area (Å²) in [5.41, 5.74) is 0.346. The summed E-state index contributed by atoms with van der Waals surface area (Å²) < 4.78 is 0. The summed E-state index contributed by atoms with van der Waals surface area (Å²) >= 11 is 0. The highest BCUT2D eigenvalue weighted by molar-refractivity contribution is 6.12. The van der Waals surface area contributed by atoms with Crippen LogP contribution in [0.4, 0.5) is 10.5 Å². The number of Topliss-reactive ketones (excluding diaryl/α,β-unsaturated/α-hetero) is 1. The van der Waals surface area contributed by atoms with Crippen LogP contribution in [-0.4, -0.2) is 35.1 Å². The minimum absolute atomic E-state index is 0.0939. The van der Waals surface area contributed by atoms with Gasteiger partial charge in [-0.2, -0.15) is 0 Å². The largest absolute Gasteiger partial charge is 0.326 e. The Morgan fingerprint density at radius 2 is 1.67 bits per heavy atom. The number of urea groups is 1. The van der Waals surface area contributed by atoms with Crippen molar-refractivity contribution in [2.75, 3.05) is 11.9 Å². The lowest BCUT2D eigenvalue weighted by Crippen LogP contribution is -2.41. The standard InChI is InChI=1S/C26H25N3O4/c1-3-7-23(31)27-19-14-12-18(13-15-19)22(30)16-29-24(32)26(2,28-25(29)33)21-11-6-9-17-8-4-5-10-20(17)21/h4-6,8-15H,3,7,16H2,1-2H3,(H,27,31)(H,28,33)/t26-/m0/s1. The summed E-state index contributed by atoms with van der Waals surface area (Å²) in [7, 11) is 0. The number of ketones is 1. The number of carbonyl (C=O) groups excluding carboxylic acids is 4. The molecule has 0 aliphatic carbocycles. The van der Waals surface area contributed by atoms with Crippen LogP contribution in [-0.2, 0) is 15.1 Å². The molecule has 0 spiro atoms. The summed E-state index contributed by atoms with van der Waals surface area (Å²) in [4.78, 5) is 51.5. The average Bonchev–Trinajstić information content (AvgIpc) is 3.03. The van der Waals surface area contributed by atoms with Crippen molar-refractivity contribution in [3.8, 4) is 0 Å². The van der Waals surface area contributed by atoms with Crippen molar-refractivity contribution in [1.29, 1.82) is 0 Å². The molecule has 0 unspecified atom stereocenters. The fourth-order valence-corrected chi connectivity index (χ4v) is 4.11. The fraction of sp³-hybridized carbons (Fsp3) is 0.231. The van der Waals surface area contributed by atoms with Crippen molar-refractivity contribution in [2.45, 2.75) is 32.2 Å². The maximum Gasteiger partial charge on any atom is 0.325 e. The first-order chi connectivity index (χ1) is 15.8. The third-order valence-corrected chi connectivity index (χ3v) is 5.87. The van der Waals surface area contributed by atoms with Crippen LogP contribution in [0, 0.1) is 0 Å². The molecule has 1 heterocycles. The molecule has 4 amide bonds. The lowest BCUT2D eigenvalue weighted by molar-refractivity contribution is -0.130. The molecule has 1 aliphatic heterocycles. The van der Waals surface area contributed by atoms with Crippen LogP contribution in [0.15, 0.2) is 66.7 Å². The van der Waals surface area contributed by atoms with Crippen molar-refractivity contribution < 1.29 is 19.2 Å². The van der Waals surface area contributed by atoms with Gasteiger partial charge < -0.3 is 10.6 Å². The van der Waals surface area contributed by atoms with Crippen molar-refractivity contribution >= 4 is 40.1 Å². The van der Waals surface area contributed by atoms with Crippen molar-refractivity contribution in [3.05, 3.63) is 77.9 Å². The van der Waals surface area contributed by atoms with Crippen LogP contribution >= 0.6 is 0 Å². The summed E-state index contributed by atoms with van der Waals surface area (Å²) in [6, 6.07) is 19.1. The molecule has 1 atom stereocenters. The first kappa shape index (κ1) is 22.2. The Hall–Kier alpha value is -4.00. The van der Waals surface area contributed by atoms with Gasteiger partial charge in [0.2, 0.25) is 5.91 Å². The van der Waals surface area contributed by atoms with E-state index < -0.39 is 17.5 Å². The number of anilines is 1. The van der Waals surface area contributed by atoms with E-state index in [1.807, 2.05) is 49.4 Å². The van der Waals surface area contributed by atoms with Crippen LogP contribution < -0.4 is 10.6 Å². The van der Waals surface area contributed by atoms with Crippen molar-refractivity contribution in [2.24, 2.45) is 0 Å². The highest BCUT2D eigenvalue weighted by atomic mass is 16.2. The van der Waals surface area contributed by atoms with E-state index >= 15 is 0 Å². The Bertz CT molecular complexity index is 1250. The van der Waals surface area contributed by atoms with Crippen LogP contribution in [0.2, 0.25) is 0 Å². The summed E-state index contributed by atoms with van der Waals surface area (Å²) in [5.74, 6) is -0.934. The highest BCUT2D eigenvalue weighted by Crippen LogP contribution is 2.33. The van der Waals surface area contributed by atoms with Gasteiger partial charge in [-0.25, -0.2) is 4.79 Å². The maximum absolute atomic E-state index is 13.3. The molecule has 7 nitrogen and oxygen atoms in total. The van der Waals surface area contributed by atoms with Gasteiger partial charge in [-0.05, 0) is 53.9 Å². The molecule has 2 N–H and O–H groups in total. The second kappa shape index (κ2) is 8.86. The third kappa shape index (κ3) is 4.22. The first-order valence-corrected chi connectivity index (χ1v) is 10.9. The molecule has 3 aromatic rings. The van der Waals surface area contributed by atoms with E-state index in [1.54, 1.807) is 31.2 Å². The molecule has 4 rings (SSSR count). The quantitative estimate of drug-likeness (QED) is 0.422. The molecule has 7 heteroatoms. The predicted molar refractivity (Wildman–Crippen MR) is 126 cm³/mol. The van der Waals surface area contributed by atoms with Crippen LogP contribution in [0.3, 0.4) is 0 Å². The number of rotatable bonds is 7. The van der Waals surface area contributed by atoms with Gasteiger partial charge in [0.1, 0.15) is 5.54 Å². The van der Waals surface area contributed by atoms with Crippen molar-refractivity contribution in [3.63, 3.8) is 0 Å². The summed E-state index contributed by atoms with van der Waals surface area (Å²) in [5, 5.41) is 7.36. The monoisotopic (exact) mass is 443 g/mol. The number of nitrogens with zero attached hydrogens (tertiary/aromatic N) is 1. The van der Waals surface area contributed by atoms with E-state index in [0.717, 1.165) is 22.1 Å². The molecular weight excluding hydrogens is 418 g/mol. The lowest BCUT2D eigenvalue weighted by atomic mass is 9.88. The Kier molecular flexibility index (Phi) is 5.96. The van der Waals surface area contributed by atoms with Gasteiger partial charge in [0, 0.05) is 17.7 Å². The van der Waals surface area contributed by atoms with Gasteiger partial charge in [0.25, 0.3) is 5.91 Å². The van der Waals surface area contributed by atoms with Crippen LogP contribution in [0.5, 0.6) is 0 Å². The molecule has 1 fully saturated rings. The third-order valence-electron chi connectivity index (χ3n) is 5.87. The Labute approximate surface area is 191 Å². The summed E-state index contributed by atoms with van der Waals surface area (Å²) in [6.07, 6.45) is 1.16. The Morgan fingerprint density at radius 1 is 0.970 bits per heavy atom. The second-order valence-electron chi connectivity index (χ2n) is 8.27. The Balaban J connectivity index is 1.52. The van der Waals surface area contributed by atoms with Gasteiger partial charge in [-0.1, -0.05) is 49.4 Å². The van der Waals surface area contributed by atoms with E-state index in [1.165, 1.54) is 0 Å². The molecule has 1 saturated heterocycles. The van der Waals surface area contributed by atoms with Crippen LogP contribution in [0.1, 0.15) is 42.6 Å². The number of hydrogen-bond acceptors (Lipinski definition) is 4. The van der Waals surface area contributed by atoms with Gasteiger partial charge in [-0.3, -0.25) is 19.3 Å². The molecule has 1 aliphatic rings. The zero-order chi connectivity index (χ0) is 23.6. The van der Waals surface area contributed by atoms with E-state index in [-0.39, 0.29) is 18.2 Å². The SMILES string of the molecule is CCCC(=O)Nc1ccc(C(=O)CN2C(=O)N[C@@](C)(c3cccc4ccccc34)C2=O)cc1. The van der Waals surface area contributed by atoms with E-state index in [0.29, 0.717) is 23.2 Å². The smallest absolute Gasteiger partial charge is 0.325 e. The number of imide groups is 1. The van der Waals surface area contributed by atoms with Crippen molar-refractivity contribution in [1.82, 2.24) is 10.2 Å². The number of benzene rings is 3. The first-order valence-electron chi connectivity index (χ1n) is 10.9. The van der Waals surface area contributed by atoms with E-state index in [4.69, 9.17) is 0 Å². The number of amides is 4. The minimum atomic E-state index is -1.27.